The van der Waals surface area contributed by atoms with E-state index in [2.05, 4.69) is 13.8 Å². The molecule has 2 bridgehead atoms. The molecule has 3 aliphatic carbocycles. The molecule has 0 spiro atoms. The van der Waals surface area contributed by atoms with E-state index < -0.39 is 0 Å². The molecule has 3 saturated carbocycles. The molecular formula is C11H20O. The molecule has 0 aromatic carbocycles. The van der Waals surface area contributed by atoms with E-state index >= 15 is 0 Å². The monoisotopic (exact) mass is 168 g/mol. The number of aliphatic hydroxyl groups is 1. The van der Waals surface area contributed by atoms with Gasteiger partial charge in [-0.15, -0.1) is 0 Å². The van der Waals surface area contributed by atoms with E-state index in [4.69, 9.17) is 5.11 Å². The highest BCUT2D eigenvalue weighted by atomic mass is 16.3. The molecule has 1 heteroatoms. The number of hydrogen-bond acceptors (Lipinski definition) is 1. The van der Waals surface area contributed by atoms with Gasteiger partial charge in [0.05, 0.1) is 0 Å². The lowest BCUT2D eigenvalue weighted by Gasteiger charge is -2.60. The minimum atomic E-state index is 0.391. The van der Waals surface area contributed by atoms with Gasteiger partial charge in [0.2, 0.25) is 0 Å². The van der Waals surface area contributed by atoms with E-state index in [9.17, 15) is 0 Å². The Labute approximate surface area is 75.2 Å². The van der Waals surface area contributed by atoms with Gasteiger partial charge in [0, 0.05) is 6.61 Å². The maximum atomic E-state index is 8.92. The maximum Gasteiger partial charge on any atom is 0.0433 e. The van der Waals surface area contributed by atoms with Crippen LogP contribution in [-0.4, -0.2) is 11.7 Å². The van der Waals surface area contributed by atoms with Crippen molar-refractivity contribution in [3.63, 3.8) is 0 Å². The first-order chi connectivity index (χ1) is 5.66. The number of fused-ring (bicyclic) bond motifs is 2. The third-order valence-corrected chi connectivity index (χ3v) is 4.50. The Morgan fingerprint density at radius 1 is 1.33 bits per heavy atom. The normalized spacial score (nSPS) is 43.8. The Kier molecular flexibility index (Phi) is 1.95. The van der Waals surface area contributed by atoms with Crippen LogP contribution in [0.2, 0.25) is 0 Å². The zero-order valence-electron chi connectivity index (χ0n) is 8.21. The van der Waals surface area contributed by atoms with Crippen molar-refractivity contribution in [1.82, 2.24) is 0 Å². The van der Waals surface area contributed by atoms with Gasteiger partial charge < -0.3 is 5.11 Å². The molecular weight excluding hydrogens is 148 g/mol. The summed E-state index contributed by atoms with van der Waals surface area (Å²) in [6.45, 7) is 5.21. The molecule has 0 amide bonds. The molecule has 3 rings (SSSR count). The Bertz CT molecular complexity index is 170. The van der Waals surface area contributed by atoms with Crippen LogP contribution < -0.4 is 0 Å². The number of hydrogen-bond donors (Lipinski definition) is 1. The first-order valence-corrected chi connectivity index (χ1v) is 5.27. The van der Waals surface area contributed by atoms with Gasteiger partial charge in [-0.2, -0.15) is 0 Å². The standard InChI is InChI=1S/C11H20O/c1-11(2)9-4-3-8(5-6-12)10(11)7-9/h8-10,12H,3-7H2,1-2H3/t8?,9-,10+/m1/s1. The molecule has 1 nitrogen and oxygen atoms in total. The van der Waals surface area contributed by atoms with E-state index in [1.54, 1.807) is 0 Å². The predicted octanol–water partition coefficient (Wildman–Crippen LogP) is 2.44. The summed E-state index contributed by atoms with van der Waals surface area (Å²) in [5.74, 6) is 2.75. The van der Waals surface area contributed by atoms with E-state index in [-0.39, 0.29) is 0 Å². The summed E-state index contributed by atoms with van der Waals surface area (Å²) in [6.07, 6.45) is 5.27. The molecule has 0 aromatic rings. The van der Waals surface area contributed by atoms with Gasteiger partial charge in [-0.25, -0.2) is 0 Å². The maximum absolute atomic E-state index is 8.92. The minimum absolute atomic E-state index is 0.391. The quantitative estimate of drug-likeness (QED) is 0.671. The highest BCUT2D eigenvalue weighted by Gasteiger charge is 2.53. The second kappa shape index (κ2) is 2.73. The Hall–Kier alpha value is -0.0400. The van der Waals surface area contributed by atoms with Gasteiger partial charge in [-0.05, 0) is 48.9 Å². The van der Waals surface area contributed by atoms with Gasteiger partial charge in [0.1, 0.15) is 0 Å². The van der Waals surface area contributed by atoms with Gasteiger partial charge >= 0.3 is 0 Å². The van der Waals surface area contributed by atoms with Crippen LogP contribution in [0.5, 0.6) is 0 Å². The van der Waals surface area contributed by atoms with Crippen LogP contribution in [0.4, 0.5) is 0 Å². The topological polar surface area (TPSA) is 20.2 Å². The van der Waals surface area contributed by atoms with Gasteiger partial charge in [0.15, 0.2) is 0 Å². The molecule has 0 aliphatic heterocycles. The molecule has 12 heavy (non-hydrogen) atoms. The third-order valence-electron chi connectivity index (χ3n) is 4.50. The molecule has 0 radical (unpaired) electrons. The second-order valence-electron chi connectivity index (χ2n) is 5.21. The highest BCUT2D eigenvalue weighted by Crippen LogP contribution is 2.61. The van der Waals surface area contributed by atoms with Crippen LogP contribution in [0, 0.1) is 23.2 Å². The first kappa shape index (κ1) is 8.55. The summed E-state index contributed by atoms with van der Waals surface area (Å²) < 4.78 is 0. The average molecular weight is 168 g/mol. The summed E-state index contributed by atoms with van der Waals surface area (Å²) in [4.78, 5) is 0. The number of rotatable bonds is 2. The summed E-state index contributed by atoms with van der Waals surface area (Å²) in [7, 11) is 0. The molecule has 3 aliphatic rings. The van der Waals surface area contributed by atoms with Crippen molar-refractivity contribution in [2.45, 2.75) is 39.5 Å². The molecule has 3 atom stereocenters. The van der Waals surface area contributed by atoms with Crippen molar-refractivity contribution in [2.75, 3.05) is 6.61 Å². The van der Waals surface area contributed by atoms with Crippen LogP contribution in [0.25, 0.3) is 0 Å². The number of aliphatic hydroxyl groups excluding tert-OH is 1. The molecule has 0 aromatic heterocycles. The van der Waals surface area contributed by atoms with Crippen molar-refractivity contribution in [1.29, 1.82) is 0 Å². The first-order valence-electron chi connectivity index (χ1n) is 5.27. The van der Waals surface area contributed by atoms with Crippen molar-refractivity contribution >= 4 is 0 Å². The Morgan fingerprint density at radius 2 is 2.08 bits per heavy atom. The summed E-state index contributed by atoms with van der Waals surface area (Å²) in [5, 5.41) is 8.92. The van der Waals surface area contributed by atoms with Crippen LogP contribution >= 0.6 is 0 Å². The zero-order chi connectivity index (χ0) is 8.77. The van der Waals surface area contributed by atoms with Gasteiger partial charge in [0.25, 0.3) is 0 Å². The van der Waals surface area contributed by atoms with Gasteiger partial charge in [-0.3, -0.25) is 0 Å². The SMILES string of the molecule is CC1(C)[C@@H]2CCC(CCO)[C@@H]1C2. The van der Waals surface area contributed by atoms with Crippen LogP contribution in [0.1, 0.15) is 39.5 Å². The minimum Gasteiger partial charge on any atom is -0.396 e. The molecule has 0 saturated heterocycles. The fourth-order valence-corrected chi connectivity index (χ4v) is 3.47. The lowest BCUT2D eigenvalue weighted by atomic mass is 9.45. The van der Waals surface area contributed by atoms with Crippen LogP contribution in [0.15, 0.2) is 0 Å². The summed E-state index contributed by atoms with van der Waals surface area (Å²) in [6, 6.07) is 0. The molecule has 3 fully saturated rings. The second-order valence-corrected chi connectivity index (χ2v) is 5.21. The summed E-state index contributed by atoms with van der Waals surface area (Å²) in [5.41, 5.74) is 0.595. The predicted molar refractivity (Wildman–Crippen MR) is 49.8 cm³/mol. The zero-order valence-corrected chi connectivity index (χ0v) is 8.21. The fourth-order valence-electron chi connectivity index (χ4n) is 3.47. The Morgan fingerprint density at radius 3 is 2.58 bits per heavy atom. The summed E-state index contributed by atoms with van der Waals surface area (Å²) >= 11 is 0. The average Bonchev–Trinajstić information content (AvgIpc) is 2.05. The van der Waals surface area contributed by atoms with Crippen molar-refractivity contribution in [3.8, 4) is 0 Å². The lowest BCUT2D eigenvalue weighted by molar-refractivity contribution is -0.109. The Balaban J connectivity index is 2.01. The fraction of sp³-hybridized carbons (Fsp3) is 1.00. The van der Waals surface area contributed by atoms with E-state index in [1.807, 2.05) is 0 Å². The third kappa shape index (κ3) is 1.02. The van der Waals surface area contributed by atoms with Crippen LogP contribution in [0.3, 0.4) is 0 Å². The molecule has 1 unspecified atom stereocenters. The van der Waals surface area contributed by atoms with Crippen LogP contribution in [-0.2, 0) is 0 Å². The van der Waals surface area contributed by atoms with E-state index in [1.165, 1.54) is 19.3 Å². The van der Waals surface area contributed by atoms with Crippen molar-refractivity contribution in [2.24, 2.45) is 23.2 Å². The van der Waals surface area contributed by atoms with Gasteiger partial charge in [-0.1, -0.05) is 13.8 Å². The van der Waals surface area contributed by atoms with E-state index in [0.717, 1.165) is 24.2 Å². The molecule has 1 N–H and O–H groups in total. The highest BCUT2D eigenvalue weighted by molar-refractivity contribution is 5.02. The molecule has 70 valence electrons. The van der Waals surface area contributed by atoms with Crippen molar-refractivity contribution < 1.29 is 5.11 Å². The smallest absolute Gasteiger partial charge is 0.0433 e. The van der Waals surface area contributed by atoms with E-state index in [0.29, 0.717) is 12.0 Å². The van der Waals surface area contributed by atoms with Crippen molar-refractivity contribution in [3.05, 3.63) is 0 Å². The lowest BCUT2D eigenvalue weighted by Crippen LogP contribution is -2.52. The largest absolute Gasteiger partial charge is 0.396 e. The molecule has 0 heterocycles.